The van der Waals surface area contributed by atoms with Crippen LogP contribution in [0, 0.1) is 0 Å². The number of H-pyrrole nitrogens is 1. The zero-order valence-electron chi connectivity index (χ0n) is 7.28. The number of aromatic nitrogens is 1. The molecule has 5 nitrogen and oxygen atoms in total. The van der Waals surface area contributed by atoms with Crippen molar-refractivity contribution in [1.82, 2.24) is 4.98 Å². The molecule has 0 unspecified atom stereocenters. The maximum atomic E-state index is 11.0. The van der Waals surface area contributed by atoms with Crippen molar-refractivity contribution >= 4 is 25.7 Å². The SMILES string of the molecule is COC(=O)c1ccc(CS(=O)(=O)Cl)[nH]1. The number of carbonyl (C=O) groups is 1. The highest BCUT2D eigenvalue weighted by Gasteiger charge is 2.12. The Morgan fingerprint density at radius 2 is 2.21 bits per heavy atom. The number of halogens is 1. The van der Waals surface area contributed by atoms with Gasteiger partial charge in [-0.3, -0.25) is 0 Å². The van der Waals surface area contributed by atoms with E-state index in [-0.39, 0.29) is 11.4 Å². The second-order valence-corrected chi connectivity index (χ2v) is 5.35. The first kappa shape index (κ1) is 11.1. The van der Waals surface area contributed by atoms with Crippen molar-refractivity contribution in [2.75, 3.05) is 7.11 Å². The Morgan fingerprint density at radius 3 is 2.71 bits per heavy atom. The van der Waals surface area contributed by atoms with Crippen molar-refractivity contribution < 1.29 is 17.9 Å². The molecule has 1 N–H and O–H groups in total. The zero-order valence-corrected chi connectivity index (χ0v) is 8.85. The van der Waals surface area contributed by atoms with Crippen LogP contribution in [0.5, 0.6) is 0 Å². The largest absolute Gasteiger partial charge is 0.464 e. The summed E-state index contributed by atoms with van der Waals surface area (Å²) in [7, 11) is 2.66. The van der Waals surface area contributed by atoms with E-state index in [0.717, 1.165) is 0 Å². The minimum Gasteiger partial charge on any atom is -0.464 e. The Hall–Kier alpha value is -1.01. The number of nitrogens with one attached hydrogen (secondary N) is 1. The quantitative estimate of drug-likeness (QED) is 0.625. The van der Waals surface area contributed by atoms with Gasteiger partial charge in [-0.15, -0.1) is 0 Å². The maximum Gasteiger partial charge on any atom is 0.354 e. The number of methoxy groups -OCH3 is 1. The van der Waals surface area contributed by atoms with E-state index in [1.807, 2.05) is 0 Å². The number of hydrogen-bond acceptors (Lipinski definition) is 4. The summed E-state index contributed by atoms with van der Waals surface area (Å²) in [5, 5.41) is 0. The second kappa shape index (κ2) is 4.02. The van der Waals surface area contributed by atoms with Gasteiger partial charge in [-0.2, -0.15) is 0 Å². The zero-order chi connectivity index (χ0) is 10.8. The summed E-state index contributed by atoms with van der Waals surface area (Å²) in [5.74, 6) is -0.894. The van der Waals surface area contributed by atoms with E-state index in [1.165, 1.54) is 19.2 Å². The van der Waals surface area contributed by atoms with Crippen molar-refractivity contribution in [3.63, 3.8) is 0 Å². The number of rotatable bonds is 3. The van der Waals surface area contributed by atoms with E-state index in [2.05, 4.69) is 9.72 Å². The highest BCUT2D eigenvalue weighted by molar-refractivity contribution is 8.13. The summed E-state index contributed by atoms with van der Waals surface area (Å²) in [6, 6.07) is 2.90. The Bertz CT molecular complexity index is 436. The number of ether oxygens (including phenoxy) is 1. The predicted molar refractivity (Wildman–Crippen MR) is 50.6 cm³/mol. The summed E-state index contributed by atoms with van der Waals surface area (Å²) in [6.45, 7) is 0. The van der Waals surface area contributed by atoms with Gasteiger partial charge in [0, 0.05) is 16.4 Å². The number of carbonyl (C=O) groups excluding carboxylic acids is 1. The molecule has 0 fully saturated rings. The first-order valence-corrected chi connectivity index (χ1v) is 6.09. The lowest BCUT2D eigenvalue weighted by Crippen LogP contribution is -2.02. The maximum absolute atomic E-state index is 11.0. The average molecular weight is 238 g/mol. The van der Waals surface area contributed by atoms with Crippen molar-refractivity contribution in [3.05, 3.63) is 23.5 Å². The molecule has 0 aliphatic rings. The van der Waals surface area contributed by atoms with Crippen molar-refractivity contribution in [2.45, 2.75) is 5.75 Å². The summed E-state index contributed by atoms with van der Waals surface area (Å²) < 4.78 is 25.8. The Labute approximate surface area is 85.4 Å². The van der Waals surface area contributed by atoms with Gasteiger partial charge in [0.1, 0.15) is 11.4 Å². The molecule has 1 rings (SSSR count). The molecular weight excluding hydrogens is 230 g/mol. The van der Waals surface area contributed by atoms with Gasteiger partial charge >= 0.3 is 5.97 Å². The van der Waals surface area contributed by atoms with Gasteiger partial charge in [0.15, 0.2) is 0 Å². The minimum absolute atomic E-state index is 0.197. The summed E-state index contributed by atoms with van der Waals surface area (Å²) in [5.41, 5.74) is 0.545. The second-order valence-electron chi connectivity index (χ2n) is 2.57. The molecule has 0 radical (unpaired) electrons. The van der Waals surface area contributed by atoms with Crippen LogP contribution >= 0.6 is 10.7 Å². The van der Waals surface area contributed by atoms with Crippen LogP contribution in [-0.4, -0.2) is 26.5 Å². The summed E-state index contributed by atoms with van der Waals surface area (Å²) >= 11 is 0. The van der Waals surface area contributed by atoms with Crippen LogP contribution in [0.15, 0.2) is 12.1 Å². The first-order valence-electron chi connectivity index (χ1n) is 3.61. The van der Waals surface area contributed by atoms with Crippen LogP contribution in [0.2, 0.25) is 0 Å². The van der Waals surface area contributed by atoms with Crippen molar-refractivity contribution in [3.8, 4) is 0 Å². The fourth-order valence-electron chi connectivity index (χ4n) is 0.939. The third-order valence-corrected chi connectivity index (χ3v) is 2.46. The van der Waals surface area contributed by atoms with Gasteiger partial charge < -0.3 is 9.72 Å². The molecule has 0 saturated carbocycles. The molecule has 0 bridgehead atoms. The molecule has 1 aromatic rings. The lowest BCUT2D eigenvalue weighted by molar-refractivity contribution is 0.0594. The van der Waals surface area contributed by atoms with E-state index in [4.69, 9.17) is 10.7 Å². The standard InChI is InChI=1S/C7H8ClNO4S/c1-13-7(10)6-3-2-5(9-6)4-14(8,11)12/h2-3,9H,4H2,1H3. The van der Waals surface area contributed by atoms with E-state index in [9.17, 15) is 13.2 Å². The van der Waals surface area contributed by atoms with Crippen LogP contribution in [0.4, 0.5) is 0 Å². The van der Waals surface area contributed by atoms with Gasteiger partial charge in [-0.05, 0) is 12.1 Å². The van der Waals surface area contributed by atoms with Gasteiger partial charge in [-0.25, -0.2) is 13.2 Å². The van der Waals surface area contributed by atoms with Crippen LogP contribution in [0.25, 0.3) is 0 Å². The van der Waals surface area contributed by atoms with Crippen molar-refractivity contribution in [2.24, 2.45) is 0 Å². The molecule has 14 heavy (non-hydrogen) atoms. The Balaban J connectivity index is 2.84. The normalized spacial score (nSPS) is 11.3. The van der Waals surface area contributed by atoms with Crippen LogP contribution < -0.4 is 0 Å². The van der Waals surface area contributed by atoms with Crippen LogP contribution in [-0.2, 0) is 19.5 Å². The topological polar surface area (TPSA) is 76.2 Å². The van der Waals surface area contributed by atoms with E-state index in [1.54, 1.807) is 0 Å². The third kappa shape index (κ3) is 3.04. The fourth-order valence-corrected chi connectivity index (χ4v) is 1.83. The third-order valence-electron chi connectivity index (χ3n) is 1.48. The molecule has 0 atom stereocenters. The van der Waals surface area contributed by atoms with Gasteiger partial charge in [-0.1, -0.05) is 0 Å². The molecule has 1 heterocycles. The predicted octanol–water partition coefficient (Wildman–Crippen LogP) is 0.870. The summed E-state index contributed by atoms with van der Waals surface area (Å²) in [6.07, 6.45) is 0. The highest BCUT2D eigenvalue weighted by Crippen LogP contribution is 2.10. The molecular formula is C7H8ClNO4S. The lowest BCUT2D eigenvalue weighted by Gasteiger charge is -1.94. The highest BCUT2D eigenvalue weighted by atomic mass is 35.7. The molecule has 0 aliphatic carbocycles. The molecule has 0 spiro atoms. The number of hydrogen-bond donors (Lipinski definition) is 1. The van der Waals surface area contributed by atoms with Gasteiger partial charge in [0.05, 0.1) is 7.11 Å². The Morgan fingerprint density at radius 1 is 1.57 bits per heavy atom. The molecule has 7 heteroatoms. The van der Waals surface area contributed by atoms with Crippen LogP contribution in [0.3, 0.4) is 0 Å². The smallest absolute Gasteiger partial charge is 0.354 e. The molecule has 0 saturated heterocycles. The molecule has 78 valence electrons. The molecule has 0 aromatic carbocycles. The molecule has 1 aromatic heterocycles. The van der Waals surface area contributed by atoms with Gasteiger partial charge in [0.25, 0.3) is 0 Å². The monoisotopic (exact) mass is 237 g/mol. The fraction of sp³-hybridized carbons (Fsp3) is 0.286. The summed E-state index contributed by atoms with van der Waals surface area (Å²) in [4.78, 5) is 13.5. The van der Waals surface area contributed by atoms with Gasteiger partial charge in [0.2, 0.25) is 9.05 Å². The molecule has 0 amide bonds. The van der Waals surface area contributed by atoms with E-state index in [0.29, 0.717) is 5.69 Å². The average Bonchev–Trinajstić information content (AvgIpc) is 2.48. The first-order chi connectivity index (χ1) is 6.42. The van der Waals surface area contributed by atoms with E-state index >= 15 is 0 Å². The Kier molecular flexibility index (Phi) is 3.17. The lowest BCUT2D eigenvalue weighted by atomic mass is 10.4. The minimum atomic E-state index is -3.61. The number of esters is 1. The van der Waals surface area contributed by atoms with E-state index < -0.39 is 15.0 Å². The number of aromatic amines is 1. The van der Waals surface area contributed by atoms with Crippen LogP contribution in [0.1, 0.15) is 16.2 Å². The molecule has 0 aliphatic heterocycles. The van der Waals surface area contributed by atoms with Crippen molar-refractivity contribution in [1.29, 1.82) is 0 Å².